The van der Waals surface area contributed by atoms with Crippen LogP contribution in [-0.2, 0) is 0 Å². The molecule has 1 aromatic carbocycles. The van der Waals surface area contributed by atoms with Crippen molar-refractivity contribution in [3.8, 4) is 5.75 Å². The van der Waals surface area contributed by atoms with E-state index in [1.807, 2.05) is 12.1 Å². The minimum atomic E-state index is -0.551. The predicted octanol–water partition coefficient (Wildman–Crippen LogP) is 1.35. The lowest BCUT2D eigenvalue weighted by molar-refractivity contribution is -0.688. The Kier molecular flexibility index (Phi) is 4.98. The van der Waals surface area contributed by atoms with Crippen molar-refractivity contribution in [3.63, 3.8) is 0 Å². The summed E-state index contributed by atoms with van der Waals surface area (Å²) in [5, 5.41) is 12.8. The second-order valence-corrected chi connectivity index (χ2v) is 5.52. The molecule has 0 aliphatic rings. The Balaban J connectivity index is 2.06. The number of ketones is 1. The van der Waals surface area contributed by atoms with Gasteiger partial charge in [-0.1, -0.05) is 12.1 Å². The summed E-state index contributed by atoms with van der Waals surface area (Å²) in [5.74, 6) is 0.738. The van der Waals surface area contributed by atoms with E-state index in [-0.39, 0.29) is 12.4 Å². The van der Waals surface area contributed by atoms with E-state index in [0.29, 0.717) is 29.7 Å². The molecule has 21 heavy (non-hydrogen) atoms. The molecule has 1 atom stereocenters. The van der Waals surface area contributed by atoms with E-state index >= 15 is 0 Å². The smallest absolute Gasteiger partial charge is 0.194 e. The highest BCUT2D eigenvalue weighted by Crippen LogP contribution is 2.28. The topological polar surface area (TPSA) is 76.3 Å². The maximum atomic E-state index is 11.4. The second kappa shape index (κ2) is 6.74. The average Bonchev–Trinajstić information content (AvgIpc) is 2.87. The zero-order chi connectivity index (χ0) is 15.4. The standard InChI is InChI=1S/C16H21NO4/c1-10(2)17-8-13(19)9-20-14-6-4-5-12-7-15(11(3)18)21-16(12)14/h4-7,10,13,17,19H,8-9H2,1-3H3/p+1/t13-/m1/s1. The molecular formula is C16H22NO4+. The Labute approximate surface area is 123 Å². The molecule has 2 aromatic rings. The fourth-order valence-electron chi connectivity index (χ4n) is 2.01. The molecule has 0 aliphatic heterocycles. The van der Waals surface area contributed by atoms with Crippen molar-refractivity contribution in [2.24, 2.45) is 0 Å². The minimum Gasteiger partial charge on any atom is -0.487 e. The first kappa shape index (κ1) is 15.5. The van der Waals surface area contributed by atoms with Gasteiger partial charge in [0, 0.05) is 12.3 Å². The summed E-state index contributed by atoms with van der Waals surface area (Å²) in [6.07, 6.45) is -0.551. The number of aliphatic hydroxyl groups is 1. The van der Waals surface area contributed by atoms with E-state index in [9.17, 15) is 9.90 Å². The van der Waals surface area contributed by atoms with Crippen LogP contribution in [-0.4, -0.2) is 36.2 Å². The highest BCUT2D eigenvalue weighted by atomic mass is 16.5. The van der Waals surface area contributed by atoms with Gasteiger partial charge in [0.05, 0.1) is 6.04 Å². The Morgan fingerprint density at radius 1 is 1.43 bits per heavy atom. The van der Waals surface area contributed by atoms with E-state index in [4.69, 9.17) is 9.15 Å². The van der Waals surface area contributed by atoms with Gasteiger partial charge >= 0.3 is 0 Å². The number of aliphatic hydroxyl groups excluding tert-OH is 1. The summed E-state index contributed by atoms with van der Waals surface area (Å²) >= 11 is 0. The molecule has 2 rings (SSSR count). The summed E-state index contributed by atoms with van der Waals surface area (Å²) < 4.78 is 11.2. The van der Waals surface area contributed by atoms with Crippen molar-refractivity contribution in [2.75, 3.05) is 13.2 Å². The number of fused-ring (bicyclic) bond motifs is 1. The number of Topliss-reactive ketones (excluding diaryl/α,β-unsaturated/α-hetero) is 1. The summed E-state index contributed by atoms with van der Waals surface area (Å²) in [6, 6.07) is 7.61. The van der Waals surface area contributed by atoms with Crippen LogP contribution in [0.1, 0.15) is 31.3 Å². The van der Waals surface area contributed by atoms with Crippen LogP contribution in [0.2, 0.25) is 0 Å². The fourth-order valence-corrected chi connectivity index (χ4v) is 2.01. The van der Waals surface area contributed by atoms with E-state index in [1.165, 1.54) is 6.92 Å². The third-order valence-corrected chi connectivity index (χ3v) is 3.17. The van der Waals surface area contributed by atoms with Crippen LogP contribution in [0.15, 0.2) is 28.7 Å². The fraction of sp³-hybridized carbons (Fsp3) is 0.438. The van der Waals surface area contributed by atoms with Crippen LogP contribution in [0.25, 0.3) is 11.0 Å². The van der Waals surface area contributed by atoms with Crippen molar-refractivity contribution in [3.05, 3.63) is 30.0 Å². The first-order valence-corrected chi connectivity index (χ1v) is 7.15. The molecule has 5 heteroatoms. The van der Waals surface area contributed by atoms with Gasteiger partial charge in [0.15, 0.2) is 22.9 Å². The zero-order valence-corrected chi connectivity index (χ0v) is 12.6. The van der Waals surface area contributed by atoms with Crippen molar-refractivity contribution >= 4 is 16.8 Å². The van der Waals surface area contributed by atoms with Crippen molar-refractivity contribution in [1.29, 1.82) is 0 Å². The predicted molar refractivity (Wildman–Crippen MR) is 79.6 cm³/mol. The number of para-hydroxylation sites is 1. The number of benzene rings is 1. The van der Waals surface area contributed by atoms with Crippen molar-refractivity contribution < 1.29 is 24.4 Å². The van der Waals surface area contributed by atoms with E-state index < -0.39 is 6.10 Å². The summed E-state index contributed by atoms with van der Waals surface area (Å²) in [5.41, 5.74) is 0.544. The number of hydrogen-bond donors (Lipinski definition) is 2. The van der Waals surface area contributed by atoms with E-state index in [0.717, 1.165) is 5.39 Å². The molecule has 0 aliphatic carbocycles. The molecule has 0 bridgehead atoms. The van der Waals surface area contributed by atoms with Gasteiger partial charge in [-0.2, -0.15) is 0 Å². The summed E-state index contributed by atoms with van der Waals surface area (Å²) in [7, 11) is 0. The molecular weight excluding hydrogens is 270 g/mol. The summed E-state index contributed by atoms with van der Waals surface area (Å²) in [6.45, 7) is 6.38. The van der Waals surface area contributed by atoms with Gasteiger partial charge in [-0.05, 0) is 26.0 Å². The maximum absolute atomic E-state index is 11.4. The number of carbonyl (C=O) groups excluding carboxylic acids is 1. The van der Waals surface area contributed by atoms with Crippen LogP contribution in [0.4, 0.5) is 0 Å². The molecule has 3 N–H and O–H groups in total. The Hall–Kier alpha value is -1.85. The van der Waals surface area contributed by atoms with Gasteiger partial charge in [0.25, 0.3) is 0 Å². The first-order chi connectivity index (χ1) is 9.97. The molecule has 1 heterocycles. The molecule has 0 amide bonds. The van der Waals surface area contributed by atoms with E-state index in [1.54, 1.807) is 12.1 Å². The normalized spacial score (nSPS) is 12.8. The molecule has 0 radical (unpaired) electrons. The monoisotopic (exact) mass is 292 g/mol. The number of hydrogen-bond acceptors (Lipinski definition) is 4. The Morgan fingerprint density at radius 3 is 2.86 bits per heavy atom. The average molecular weight is 292 g/mol. The molecule has 0 unspecified atom stereocenters. The van der Waals surface area contributed by atoms with Crippen molar-refractivity contribution in [2.45, 2.75) is 32.9 Å². The third-order valence-electron chi connectivity index (χ3n) is 3.17. The van der Waals surface area contributed by atoms with Gasteiger partial charge in [-0.25, -0.2) is 0 Å². The molecule has 0 saturated carbocycles. The first-order valence-electron chi connectivity index (χ1n) is 7.15. The Bertz CT molecular complexity index is 618. The molecule has 114 valence electrons. The highest BCUT2D eigenvalue weighted by molar-refractivity contribution is 5.97. The summed E-state index contributed by atoms with van der Waals surface area (Å²) in [4.78, 5) is 11.4. The Morgan fingerprint density at radius 2 is 2.19 bits per heavy atom. The lowest BCUT2D eigenvalue weighted by Gasteiger charge is -2.12. The SMILES string of the molecule is CC(=O)c1cc2cccc(OC[C@H](O)C[NH2+]C(C)C)c2o1. The number of ether oxygens (including phenoxy) is 1. The van der Waals surface area contributed by atoms with Crippen LogP contribution in [0, 0.1) is 0 Å². The number of rotatable bonds is 7. The van der Waals surface area contributed by atoms with Gasteiger partial charge in [-0.3, -0.25) is 4.79 Å². The second-order valence-electron chi connectivity index (χ2n) is 5.52. The maximum Gasteiger partial charge on any atom is 0.194 e. The van der Waals surface area contributed by atoms with Gasteiger partial charge in [0.1, 0.15) is 19.3 Å². The largest absolute Gasteiger partial charge is 0.487 e. The third kappa shape index (κ3) is 4.06. The quantitative estimate of drug-likeness (QED) is 0.755. The van der Waals surface area contributed by atoms with Crippen LogP contribution >= 0.6 is 0 Å². The lowest BCUT2D eigenvalue weighted by Crippen LogP contribution is -2.90. The van der Waals surface area contributed by atoms with Gasteiger partial charge in [0.2, 0.25) is 0 Å². The molecule has 5 nitrogen and oxygen atoms in total. The van der Waals surface area contributed by atoms with Crippen LogP contribution in [0.3, 0.4) is 0 Å². The molecule has 0 spiro atoms. The van der Waals surface area contributed by atoms with Crippen molar-refractivity contribution in [1.82, 2.24) is 0 Å². The van der Waals surface area contributed by atoms with Crippen LogP contribution in [0.5, 0.6) is 5.75 Å². The molecule has 0 saturated heterocycles. The number of nitrogens with two attached hydrogens (primary N) is 1. The highest BCUT2D eigenvalue weighted by Gasteiger charge is 2.14. The van der Waals surface area contributed by atoms with Gasteiger partial charge in [-0.15, -0.1) is 0 Å². The molecule has 1 aromatic heterocycles. The van der Waals surface area contributed by atoms with E-state index in [2.05, 4.69) is 19.2 Å². The number of furan rings is 1. The minimum absolute atomic E-state index is 0.122. The van der Waals surface area contributed by atoms with Crippen LogP contribution < -0.4 is 10.1 Å². The van der Waals surface area contributed by atoms with Gasteiger partial charge < -0.3 is 19.6 Å². The number of carbonyl (C=O) groups is 1. The molecule has 0 fully saturated rings. The number of quaternary nitrogens is 1. The lowest BCUT2D eigenvalue weighted by atomic mass is 10.2. The zero-order valence-electron chi connectivity index (χ0n) is 12.6.